The summed E-state index contributed by atoms with van der Waals surface area (Å²) < 4.78 is 0. The van der Waals surface area contributed by atoms with Crippen LogP contribution in [0.4, 0.5) is 5.69 Å². The van der Waals surface area contributed by atoms with Crippen LogP contribution in [-0.4, -0.2) is 11.0 Å². The fraction of sp³-hybridized carbons (Fsp3) is 0.667. The highest BCUT2D eigenvalue weighted by molar-refractivity contribution is 6.29. The van der Waals surface area contributed by atoms with Gasteiger partial charge in [0.1, 0.15) is 5.15 Å². The number of hydrogen-bond donors (Lipinski definition) is 1. The molecule has 0 saturated heterocycles. The number of aromatic nitrogens is 1. The minimum absolute atomic E-state index is 0.585. The van der Waals surface area contributed by atoms with E-state index in [-0.39, 0.29) is 0 Å². The molecule has 0 radical (unpaired) electrons. The quantitative estimate of drug-likeness (QED) is 0.816. The van der Waals surface area contributed by atoms with Gasteiger partial charge in [-0.1, -0.05) is 18.0 Å². The molecule has 0 spiro atoms. The molecular weight excluding hydrogens is 244 g/mol. The topological polar surface area (TPSA) is 24.9 Å². The van der Waals surface area contributed by atoms with Crippen LogP contribution in [-0.2, 0) is 0 Å². The zero-order chi connectivity index (χ0) is 12.1. The first-order valence-electron chi connectivity index (χ1n) is 7.19. The number of halogens is 1. The van der Waals surface area contributed by atoms with E-state index in [1.54, 1.807) is 6.20 Å². The zero-order valence-corrected chi connectivity index (χ0v) is 11.2. The maximum Gasteiger partial charge on any atom is 0.131 e. The van der Waals surface area contributed by atoms with Crippen LogP contribution in [0.15, 0.2) is 18.3 Å². The Bertz CT molecular complexity index is 462. The second-order valence-corrected chi connectivity index (χ2v) is 6.66. The molecule has 4 rings (SSSR count). The molecule has 3 heteroatoms. The average Bonchev–Trinajstić information content (AvgIpc) is 2.99. The van der Waals surface area contributed by atoms with E-state index in [4.69, 9.17) is 11.6 Å². The van der Waals surface area contributed by atoms with E-state index < -0.39 is 0 Å². The normalized spacial score (nSPS) is 41.1. The van der Waals surface area contributed by atoms with Gasteiger partial charge in [-0.05, 0) is 61.5 Å². The first-order valence-corrected chi connectivity index (χ1v) is 7.57. The Morgan fingerprint density at radius 2 is 2.06 bits per heavy atom. The van der Waals surface area contributed by atoms with E-state index in [9.17, 15) is 0 Å². The number of nitrogens with one attached hydrogen (secondary N) is 1. The summed E-state index contributed by atoms with van der Waals surface area (Å²) >= 11 is 5.95. The van der Waals surface area contributed by atoms with Crippen LogP contribution in [0.25, 0.3) is 0 Å². The Morgan fingerprint density at radius 1 is 1.17 bits per heavy atom. The second-order valence-electron chi connectivity index (χ2n) is 6.27. The van der Waals surface area contributed by atoms with Crippen LogP contribution in [0.3, 0.4) is 0 Å². The average molecular weight is 263 g/mol. The lowest BCUT2D eigenvalue weighted by molar-refractivity contribution is 0.243. The number of pyridine rings is 1. The number of fused-ring (bicyclic) bond motifs is 5. The molecule has 18 heavy (non-hydrogen) atoms. The van der Waals surface area contributed by atoms with Crippen molar-refractivity contribution in [1.29, 1.82) is 0 Å². The molecule has 1 N–H and O–H groups in total. The molecule has 2 nitrogen and oxygen atoms in total. The van der Waals surface area contributed by atoms with Crippen LogP contribution < -0.4 is 5.32 Å². The summed E-state index contributed by atoms with van der Waals surface area (Å²) in [5.41, 5.74) is 1.14. The van der Waals surface area contributed by atoms with Gasteiger partial charge >= 0.3 is 0 Å². The van der Waals surface area contributed by atoms with Crippen LogP contribution in [0.1, 0.15) is 32.1 Å². The number of nitrogens with zero attached hydrogens (tertiary/aromatic N) is 1. The summed E-state index contributed by atoms with van der Waals surface area (Å²) in [5, 5.41) is 4.29. The summed E-state index contributed by atoms with van der Waals surface area (Å²) in [7, 11) is 0. The smallest absolute Gasteiger partial charge is 0.131 e. The van der Waals surface area contributed by atoms with Gasteiger partial charge in [-0.2, -0.15) is 0 Å². The van der Waals surface area contributed by atoms with E-state index in [0.29, 0.717) is 11.2 Å². The van der Waals surface area contributed by atoms with Gasteiger partial charge in [0.25, 0.3) is 0 Å². The minimum Gasteiger partial charge on any atom is -0.382 e. The fourth-order valence-electron chi connectivity index (χ4n) is 4.94. The molecule has 3 saturated carbocycles. The zero-order valence-electron chi connectivity index (χ0n) is 10.5. The highest BCUT2D eigenvalue weighted by Crippen LogP contribution is 2.59. The predicted molar refractivity (Wildman–Crippen MR) is 73.7 cm³/mol. The van der Waals surface area contributed by atoms with E-state index in [1.165, 1.54) is 32.1 Å². The van der Waals surface area contributed by atoms with E-state index >= 15 is 0 Å². The van der Waals surface area contributed by atoms with Crippen molar-refractivity contribution in [2.24, 2.45) is 23.7 Å². The maximum absolute atomic E-state index is 5.95. The van der Waals surface area contributed by atoms with Gasteiger partial charge in [-0.15, -0.1) is 0 Å². The Kier molecular flexibility index (Phi) is 2.54. The van der Waals surface area contributed by atoms with Crippen LogP contribution >= 0.6 is 11.6 Å². The van der Waals surface area contributed by atoms with Crippen LogP contribution in [0.5, 0.6) is 0 Å². The van der Waals surface area contributed by atoms with Gasteiger partial charge in [0, 0.05) is 17.9 Å². The molecule has 1 aromatic heterocycles. The molecule has 3 aliphatic carbocycles. The summed E-state index contributed by atoms with van der Waals surface area (Å²) in [4.78, 5) is 4.04. The molecule has 5 atom stereocenters. The molecular formula is C15H19ClN2. The summed E-state index contributed by atoms with van der Waals surface area (Å²) in [5.74, 6) is 3.99. The first-order chi connectivity index (χ1) is 8.81. The SMILES string of the molecule is Clc1cc(NC2CC3CC2C2CCCC32)ccn1. The lowest BCUT2D eigenvalue weighted by atomic mass is 9.79. The van der Waals surface area contributed by atoms with Gasteiger partial charge in [0.05, 0.1) is 0 Å². The standard InChI is InChI=1S/C15H19ClN2/c16-15-8-10(4-5-17-15)18-14-7-9-6-13(14)12-3-1-2-11(9)12/h4-5,8-9,11-14H,1-3,6-7H2,(H,17,18). The molecule has 2 bridgehead atoms. The molecule has 3 fully saturated rings. The van der Waals surface area contributed by atoms with Crippen molar-refractivity contribution in [2.45, 2.75) is 38.1 Å². The van der Waals surface area contributed by atoms with Crippen molar-refractivity contribution < 1.29 is 0 Å². The number of rotatable bonds is 2. The van der Waals surface area contributed by atoms with E-state index in [2.05, 4.69) is 10.3 Å². The second kappa shape index (κ2) is 4.12. The Labute approximate surface area is 113 Å². The molecule has 1 aromatic rings. The first kappa shape index (κ1) is 11.1. The van der Waals surface area contributed by atoms with E-state index in [1.807, 2.05) is 12.1 Å². The van der Waals surface area contributed by atoms with Crippen molar-refractivity contribution in [3.63, 3.8) is 0 Å². The number of hydrogen-bond acceptors (Lipinski definition) is 2. The molecule has 1 heterocycles. The van der Waals surface area contributed by atoms with Crippen molar-refractivity contribution in [1.82, 2.24) is 4.98 Å². The van der Waals surface area contributed by atoms with Crippen LogP contribution in [0, 0.1) is 23.7 Å². The summed E-state index contributed by atoms with van der Waals surface area (Å²) in [6.07, 6.45) is 9.06. The largest absolute Gasteiger partial charge is 0.382 e. The van der Waals surface area contributed by atoms with Crippen LogP contribution in [0.2, 0.25) is 5.15 Å². The van der Waals surface area contributed by atoms with Crippen molar-refractivity contribution in [2.75, 3.05) is 5.32 Å². The molecule has 0 aliphatic heterocycles. The third-order valence-corrected chi connectivity index (χ3v) is 5.71. The molecule has 5 unspecified atom stereocenters. The molecule has 0 aromatic carbocycles. The van der Waals surface area contributed by atoms with Gasteiger partial charge in [-0.25, -0.2) is 4.98 Å². The third kappa shape index (κ3) is 1.65. The lowest BCUT2D eigenvalue weighted by Gasteiger charge is -2.32. The fourth-order valence-corrected chi connectivity index (χ4v) is 5.11. The van der Waals surface area contributed by atoms with Gasteiger partial charge in [0.15, 0.2) is 0 Å². The summed E-state index contributed by atoms with van der Waals surface area (Å²) in [6.45, 7) is 0. The monoisotopic (exact) mass is 262 g/mol. The van der Waals surface area contributed by atoms with Gasteiger partial charge in [-0.3, -0.25) is 0 Å². The highest BCUT2D eigenvalue weighted by atomic mass is 35.5. The highest BCUT2D eigenvalue weighted by Gasteiger charge is 2.53. The summed E-state index contributed by atoms with van der Waals surface area (Å²) in [6, 6.07) is 4.65. The van der Waals surface area contributed by atoms with Gasteiger partial charge in [0.2, 0.25) is 0 Å². The van der Waals surface area contributed by atoms with Crippen molar-refractivity contribution >= 4 is 17.3 Å². The third-order valence-electron chi connectivity index (χ3n) is 5.51. The molecule has 0 amide bonds. The lowest BCUT2D eigenvalue weighted by Crippen LogP contribution is -2.33. The number of anilines is 1. The molecule has 3 aliphatic rings. The Morgan fingerprint density at radius 3 is 2.94 bits per heavy atom. The molecule has 96 valence electrons. The van der Waals surface area contributed by atoms with Crippen molar-refractivity contribution in [3.05, 3.63) is 23.5 Å². The Balaban J connectivity index is 1.51. The maximum atomic E-state index is 5.95. The van der Waals surface area contributed by atoms with Crippen molar-refractivity contribution in [3.8, 4) is 0 Å². The van der Waals surface area contributed by atoms with Gasteiger partial charge < -0.3 is 5.32 Å². The minimum atomic E-state index is 0.585. The van der Waals surface area contributed by atoms with E-state index in [0.717, 1.165) is 29.4 Å². The predicted octanol–water partition coefficient (Wildman–Crippen LogP) is 3.97. The Hall–Kier alpha value is -0.760.